The third kappa shape index (κ3) is 4.97. The maximum Gasteiger partial charge on any atom is 0.257 e. The summed E-state index contributed by atoms with van der Waals surface area (Å²) in [6, 6.07) is 13.9. The number of aliphatic hydroxyl groups excluding tert-OH is 1. The molecule has 3 aromatic rings. The van der Waals surface area contributed by atoms with Crippen LogP contribution in [0.25, 0.3) is 0 Å². The largest absolute Gasteiger partial charge is 0.491 e. The van der Waals surface area contributed by atoms with E-state index in [1.165, 1.54) is 17.5 Å². The summed E-state index contributed by atoms with van der Waals surface area (Å²) in [6.07, 6.45) is 5.14. The topological polar surface area (TPSA) is 90.8 Å². The number of anilines is 2. The number of hydrogen-bond donors (Lipinski definition) is 2. The fraction of sp³-hybridized carbons (Fsp3) is 0.320. The summed E-state index contributed by atoms with van der Waals surface area (Å²) in [6.45, 7) is 3.35. The lowest BCUT2D eigenvalue weighted by molar-refractivity contribution is 0.0501. The quantitative estimate of drug-likeness (QED) is 0.602. The third-order valence-electron chi connectivity index (χ3n) is 6.07. The molecule has 0 radical (unpaired) electrons. The van der Waals surface area contributed by atoms with E-state index >= 15 is 0 Å². The van der Waals surface area contributed by atoms with Gasteiger partial charge in [-0.3, -0.25) is 9.69 Å². The van der Waals surface area contributed by atoms with Crippen molar-refractivity contribution in [3.8, 4) is 5.75 Å². The van der Waals surface area contributed by atoms with Crippen LogP contribution in [-0.4, -0.2) is 69.7 Å². The van der Waals surface area contributed by atoms with Gasteiger partial charge in [0.15, 0.2) is 0 Å². The van der Waals surface area contributed by atoms with Gasteiger partial charge in [-0.15, -0.1) is 0 Å². The average Bonchev–Trinajstić information content (AvgIpc) is 2.98. The summed E-state index contributed by atoms with van der Waals surface area (Å²) < 4.78 is 5.82. The Kier molecular flexibility index (Phi) is 6.19. The Morgan fingerprint density at radius 3 is 2.70 bits per heavy atom. The molecule has 1 aromatic heterocycles. The Balaban J connectivity index is 1.24. The molecule has 2 aliphatic rings. The van der Waals surface area contributed by atoms with Crippen molar-refractivity contribution in [2.24, 2.45) is 0 Å². The Morgan fingerprint density at radius 1 is 1.03 bits per heavy atom. The van der Waals surface area contributed by atoms with Crippen LogP contribution in [0.1, 0.15) is 21.5 Å². The van der Waals surface area contributed by atoms with Gasteiger partial charge in [-0.1, -0.05) is 24.3 Å². The van der Waals surface area contributed by atoms with Gasteiger partial charge in [0.05, 0.1) is 36.3 Å². The number of aromatic nitrogens is 2. The zero-order valence-electron chi connectivity index (χ0n) is 18.4. The van der Waals surface area contributed by atoms with Crippen LogP contribution in [0.4, 0.5) is 11.4 Å². The number of β-amino-alcohol motifs (C(OH)–C–C–N with tert-alkyl or cyclic N) is 1. The van der Waals surface area contributed by atoms with Gasteiger partial charge in [0, 0.05) is 31.9 Å². The van der Waals surface area contributed by atoms with Crippen LogP contribution in [0.3, 0.4) is 0 Å². The van der Waals surface area contributed by atoms with Gasteiger partial charge >= 0.3 is 0 Å². The molecule has 0 bridgehead atoms. The number of carbonyl (C=O) groups excluding carboxylic acids is 1. The van der Waals surface area contributed by atoms with Crippen LogP contribution in [0.2, 0.25) is 0 Å². The van der Waals surface area contributed by atoms with Crippen molar-refractivity contribution in [1.29, 1.82) is 0 Å². The molecule has 0 fully saturated rings. The van der Waals surface area contributed by atoms with E-state index in [1.54, 1.807) is 29.4 Å². The second-order valence-corrected chi connectivity index (χ2v) is 8.47. The van der Waals surface area contributed by atoms with E-state index in [2.05, 4.69) is 44.5 Å². The van der Waals surface area contributed by atoms with Crippen LogP contribution in [0, 0.1) is 0 Å². The molecule has 170 valence electrons. The minimum absolute atomic E-state index is 0.140. The van der Waals surface area contributed by atoms with E-state index in [9.17, 15) is 9.90 Å². The molecule has 0 aliphatic carbocycles. The molecular formula is C25H27N5O3. The first-order valence-electron chi connectivity index (χ1n) is 11.2. The number of nitrogens with zero attached hydrogens (tertiary/aromatic N) is 4. The maximum atomic E-state index is 13.3. The van der Waals surface area contributed by atoms with E-state index < -0.39 is 6.10 Å². The smallest absolute Gasteiger partial charge is 0.257 e. The average molecular weight is 446 g/mol. The van der Waals surface area contributed by atoms with Crippen LogP contribution >= 0.6 is 0 Å². The van der Waals surface area contributed by atoms with Gasteiger partial charge in [-0.05, 0) is 35.7 Å². The van der Waals surface area contributed by atoms with Gasteiger partial charge in [-0.25, -0.2) is 9.97 Å². The first-order chi connectivity index (χ1) is 16.2. The zero-order chi connectivity index (χ0) is 22.6. The number of ether oxygens (including phenoxy) is 1. The monoisotopic (exact) mass is 445 g/mol. The molecule has 3 heterocycles. The molecule has 2 aliphatic heterocycles. The number of hydrogen-bond acceptors (Lipinski definition) is 7. The van der Waals surface area contributed by atoms with Crippen molar-refractivity contribution >= 4 is 17.3 Å². The molecular weight excluding hydrogens is 418 g/mol. The number of fused-ring (bicyclic) bond motifs is 2. The number of nitrogens with one attached hydrogen (secondary N) is 1. The van der Waals surface area contributed by atoms with Crippen molar-refractivity contribution in [2.75, 3.05) is 38.1 Å². The Labute approximate surface area is 192 Å². The molecule has 1 atom stereocenters. The Morgan fingerprint density at radius 2 is 1.85 bits per heavy atom. The minimum Gasteiger partial charge on any atom is -0.491 e. The predicted octanol–water partition coefficient (Wildman–Crippen LogP) is 2.47. The number of aliphatic hydroxyl groups is 1. The lowest BCUT2D eigenvalue weighted by Crippen LogP contribution is -2.44. The predicted molar refractivity (Wildman–Crippen MR) is 125 cm³/mol. The van der Waals surface area contributed by atoms with E-state index in [0.717, 1.165) is 30.9 Å². The molecule has 0 unspecified atom stereocenters. The number of benzene rings is 2. The molecule has 0 saturated carbocycles. The van der Waals surface area contributed by atoms with Gasteiger partial charge in [-0.2, -0.15) is 0 Å². The standard InChI is InChI=1S/C25H27N5O3/c31-22(15-29-8-7-18-3-1-2-4-19(18)14-29)16-30-9-10-33-24-6-5-20(11-23(24)25(30)32)28-21-12-26-17-27-13-21/h1-6,11-13,17,22,28,31H,7-10,14-16H2/t22-/m1/s1. The third-order valence-corrected chi connectivity index (χ3v) is 6.07. The highest BCUT2D eigenvalue weighted by Crippen LogP contribution is 2.28. The number of rotatable bonds is 6. The summed E-state index contributed by atoms with van der Waals surface area (Å²) in [5, 5.41) is 14.0. The summed E-state index contributed by atoms with van der Waals surface area (Å²) in [7, 11) is 0. The molecule has 33 heavy (non-hydrogen) atoms. The summed E-state index contributed by atoms with van der Waals surface area (Å²) >= 11 is 0. The highest BCUT2D eigenvalue weighted by Gasteiger charge is 2.27. The molecule has 0 saturated heterocycles. The maximum absolute atomic E-state index is 13.3. The number of amides is 1. The second-order valence-electron chi connectivity index (χ2n) is 8.47. The molecule has 8 heteroatoms. The molecule has 2 N–H and O–H groups in total. The van der Waals surface area contributed by atoms with Crippen LogP contribution in [0.5, 0.6) is 5.75 Å². The summed E-state index contributed by atoms with van der Waals surface area (Å²) in [5.74, 6) is 0.415. The Hall–Kier alpha value is -3.49. The van der Waals surface area contributed by atoms with Gasteiger partial charge in [0.2, 0.25) is 0 Å². The van der Waals surface area contributed by atoms with Crippen molar-refractivity contribution < 1.29 is 14.6 Å². The fourth-order valence-electron chi connectivity index (χ4n) is 4.46. The van der Waals surface area contributed by atoms with Gasteiger partial charge in [0.1, 0.15) is 18.7 Å². The van der Waals surface area contributed by atoms with Crippen molar-refractivity contribution in [1.82, 2.24) is 19.8 Å². The Bertz CT molecular complexity index is 1120. The van der Waals surface area contributed by atoms with E-state index in [-0.39, 0.29) is 12.5 Å². The van der Waals surface area contributed by atoms with Crippen LogP contribution in [-0.2, 0) is 13.0 Å². The van der Waals surface area contributed by atoms with E-state index in [1.807, 2.05) is 6.07 Å². The van der Waals surface area contributed by atoms with Crippen LogP contribution < -0.4 is 10.1 Å². The normalized spacial score (nSPS) is 16.9. The lowest BCUT2D eigenvalue weighted by atomic mass is 10.00. The SMILES string of the molecule is O=C1c2cc(Nc3cncnc3)ccc2OCCN1C[C@H](O)CN1CCc2ccccc2C1. The second kappa shape index (κ2) is 9.56. The van der Waals surface area contributed by atoms with Crippen molar-refractivity contribution in [3.05, 3.63) is 77.9 Å². The minimum atomic E-state index is -0.636. The number of carbonyl (C=O) groups is 1. The highest BCUT2D eigenvalue weighted by molar-refractivity contribution is 5.98. The lowest BCUT2D eigenvalue weighted by Gasteiger charge is -2.32. The molecule has 8 nitrogen and oxygen atoms in total. The first-order valence-corrected chi connectivity index (χ1v) is 11.2. The fourth-order valence-corrected chi connectivity index (χ4v) is 4.46. The van der Waals surface area contributed by atoms with E-state index in [4.69, 9.17) is 4.74 Å². The molecule has 1 amide bonds. The molecule has 2 aromatic carbocycles. The molecule has 0 spiro atoms. The first kappa shape index (κ1) is 21.4. The zero-order valence-corrected chi connectivity index (χ0v) is 18.4. The summed E-state index contributed by atoms with van der Waals surface area (Å²) in [5.41, 5.74) is 4.65. The highest BCUT2D eigenvalue weighted by atomic mass is 16.5. The van der Waals surface area contributed by atoms with E-state index in [0.29, 0.717) is 31.0 Å². The van der Waals surface area contributed by atoms with Gasteiger partial charge < -0.3 is 20.1 Å². The van der Waals surface area contributed by atoms with Crippen molar-refractivity contribution in [2.45, 2.75) is 19.1 Å². The van der Waals surface area contributed by atoms with Crippen LogP contribution in [0.15, 0.2) is 61.2 Å². The van der Waals surface area contributed by atoms with Crippen molar-refractivity contribution in [3.63, 3.8) is 0 Å². The molecule has 5 rings (SSSR count). The van der Waals surface area contributed by atoms with Gasteiger partial charge in [0.25, 0.3) is 5.91 Å². The summed E-state index contributed by atoms with van der Waals surface area (Å²) in [4.78, 5) is 25.2.